The lowest BCUT2D eigenvalue weighted by Gasteiger charge is -2.23. The Balaban J connectivity index is 2.50. The van der Waals surface area contributed by atoms with E-state index < -0.39 is 23.6 Å². The van der Waals surface area contributed by atoms with Crippen LogP contribution in [0.5, 0.6) is 0 Å². The Morgan fingerprint density at radius 2 is 1.90 bits per heavy atom. The Labute approximate surface area is 118 Å². The summed E-state index contributed by atoms with van der Waals surface area (Å²) in [5.41, 5.74) is 4.57. The molecule has 4 nitrogen and oxygen atoms in total. The van der Waals surface area contributed by atoms with Crippen molar-refractivity contribution < 1.29 is 17.6 Å². The highest BCUT2D eigenvalue weighted by molar-refractivity contribution is 5.61. The first-order valence-electron chi connectivity index (χ1n) is 6.06. The maximum absolute atomic E-state index is 13.3. The lowest BCUT2D eigenvalue weighted by molar-refractivity contribution is -0.141. The van der Waals surface area contributed by atoms with Gasteiger partial charge < -0.3 is 10.6 Å². The second-order valence-corrected chi connectivity index (χ2v) is 4.19. The lowest BCUT2D eigenvalue weighted by atomic mass is 10.2. The van der Waals surface area contributed by atoms with E-state index in [0.29, 0.717) is 5.69 Å². The molecule has 0 unspecified atom stereocenters. The van der Waals surface area contributed by atoms with Gasteiger partial charge in [-0.1, -0.05) is 6.07 Å². The molecule has 2 N–H and O–H groups in total. The minimum Gasteiger partial charge on any atom is -0.368 e. The molecule has 0 bridgehead atoms. The first-order valence-corrected chi connectivity index (χ1v) is 6.06. The van der Waals surface area contributed by atoms with Gasteiger partial charge >= 0.3 is 6.18 Å². The topological polar surface area (TPSA) is 55.0 Å². The van der Waals surface area contributed by atoms with Crippen LogP contribution in [0.15, 0.2) is 30.3 Å². The number of nitrogen functional groups attached to an aromatic ring is 1. The number of anilines is 3. The molecule has 1 aromatic carbocycles. The van der Waals surface area contributed by atoms with Crippen LogP contribution in [0, 0.1) is 5.82 Å². The summed E-state index contributed by atoms with van der Waals surface area (Å²) in [6.07, 6.45) is -4.63. The Kier molecular flexibility index (Phi) is 3.97. The Bertz CT molecular complexity index is 642. The second-order valence-electron chi connectivity index (χ2n) is 4.19. The molecule has 2 rings (SSSR count). The van der Waals surface area contributed by atoms with E-state index in [2.05, 4.69) is 9.97 Å². The summed E-state index contributed by atoms with van der Waals surface area (Å²) in [6.45, 7) is 1.99. The van der Waals surface area contributed by atoms with Crippen LogP contribution in [-0.2, 0) is 6.18 Å². The molecule has 0 aliphatic carbocycles. The highest BCUT2D eigenvalue weighted by Gasteiger charge is 2.34. The van der Waals surface area contributed by atoms with Crippen molar-refractivity contribution in [2.24, 2.45) is 0 Å². The van der Waals surface area contributed by atoms with E-state index in [9.17, 15) is 17.6 Å². The molecule has 0 aliphatic rings. The molecule has 0 radical (unpaired) electrons. The first-order chi connectivity index (χ1) is 9.81. The Hall–Kier alpha value is -2.38. The van der Waals surface area contributed by atoms with Crippen molar-refractivity contribution in [1.29, 1.82) is 0 Å². The fourth-order valence-electron chi connectivity index (χ4n) is 1.86. The van der Waals surface area contributed by atoms with Crippen molar-refractivity contribution in [3.63, 3.8) is 0 Å². The molecular formula is C13H12F4N4. The van der Waals surface area contributed by atoms with Crippen molar-refractivity contribution in [2.45, 2.75) is 13.1 Å². The first kappa shape index (κ1) is 15.0. The zero-order chi connectivity index (χ0) is 15.6. The van der Waals surface area contributed by atoms with Crippen LogP contribution >= 0.6 is 0 Å². The summed E-state index contributed by atoms with van der Waals surface area (Å²) >= 11 is 0. The monoisotopic (exact) mass is 300 g/mol. The molecule has 0 spiro atoms. The summed E-state index contributed by atoms with van der Waals surface area (Å²) in [6, 6.07) is 6.26. The number of nitrogens with two attached hydrogens (primary N) is 1. The van der Waals surface area contributed by atoms with Crippen LogP contribution in [0.2, 0.25) is 0 Å². The zero-order valence-corrected chi connectivity index (χ0v) is 11.0. The summed E-state index contributed by atoms with van der Waals surface area (Å²) in [5, 5.41) is 0. The van der Waals surface area contributed by atoms with E-state index in [-0.39, 0.29) is 12.4 Å². The minimum absolute atomic E-state index is 0.0390. The average molecular weight is 300 g/mol. The third kappa shape index (κ3) is 3.39. The van der Waals surface area contributed by atoms with Crippen molar-refractivity contribution in [2.75, 3.05) is 17.2 Å². The standard InChI is InChI=1S/C13H12F4N4/c1-2-21(9-5-3-4-8(14)6-9)11-7-10(13(15,16)17)19-12(18)20-11/h3-7H,2H2,1H3,(H2,18,19,20). The number of hydrogen-bond donors (Lipinski definition) is 1. The summed E-state index contributed by atoms with van der Waals surface area (Å²) < 4.78 is 51.5. The highest BCUT2D eigenvalue weighted by Crippen LogP contribution is 2.32. The molecule has 0 fully saturated rings. The fourth-order valence-corrected chi connectivity index (χ4v) is 1.86. The molecule has 0 atom stereocenters. The molecule has 0 amide bonds. The van der Waals surface area contributed by atoms with Gasteiger partial charge in [-0.2, -0.15) is 18.2 Å². The van der Waals surface area contributed by atoms with E-state index in [0.717, 1.165) is 6.07 Å². The van der Waals surface area contributed by atoms with Crippen LogP contribution in [-0.4, -0.2) is 16.5 Å². The van der Waals surface area contributed by atoms with Crippen molar-refractivity contribution >= 4 is 17.5 Å². The largest absolute Gasteiger partial charge is 0.433 e. The van der Waals surface area contributed by atoms with E-state index >= 15 is 0 Å². The molecule has 0 saturated heterocycles. The molecule has 21 heavy (non-hydrogen) atoms. The van der Waals surface area contributed by atoms with Crippen molar-refractivity contribution in [3.05, 3.63) is 41.8 Å². The third-order valence-corrected chi connectivity index (χ3v) is 2.73. The number of nitrogens with zero attached hydrogens (tertiary/aromatic N) is 3. The maximum Gasteiger partial charge on any atom is 0.433 e. The molecule has 8 heteroatoms. The van der Waals surface area contributed by atoms with Crippen molar-refractivity contribution in [1.82, 2.24) is 9.97 Å². The predicted molar refractivity (Wildman–Crippen MR) is 70.5 cm³/mol. The molecule has 1 heterocycles. The third-order valence-electron chi connectivity index (χ3n) is 2.73. The Morgan fingerprint density at radius 1 is 1.19 bits per heavy atom. The number of rotatable bonds is 3. The van der Waals surface area contributed by atoms with Crippen molar-refractivity contribution in [3.8, 4) is 0 Å². The molecule has 112 valence electrons. The number of halogens is 4. The highest BCUT2D eigenvalue weighted by atomic mass is 19.4. The second kappa shape index (κ2) is 5.55. The number of benzene rings is 1. The minimum atomic E-state index is -4.63. The predicted octanol–water partition coefficient (Wildman–Crippen LogP) is 3.37. The molecule has 1 aromatic heterocycles. The van der Waals surface area contributed by atoms with Gasteiger partial charge in [0.2, 0.25) is 5.95 Å². The molecular weight excluding hydrogens is 288 g/mol. The maximum atomic E-state index is 13.3. The number of alkyl halides is 3. The lowest BCUT2D eigenvalue weighted by Crippen LogP contribution is -2.20. The summed E-state index contributed by atoms with van der Waals surface area (Å²) in [5.74, 6) is -1.03. The van der Waals surface area contributed by atoms with Crippen LogP contribution in [0.25, 0.3) is 0 Å². The smallest absolute Gasteiger partial charge is 0.368 e. The molecule has 2 aromatic rings. The van der Waals surface area contributed by atoms with E-state index in [1.807, 2.05) is 0 Å². The van der Waals surface area contributed by atoms with Gasteiger partial charge in [0.05, 0.1) is 0 Å². The molecule has 0 saturated carbocycles. The van der Waals surface area contributed by atoms with Gasteiger partial charge in [-0.3, -0.25) is 0 Å². The average Bonchev–Trinajstić information content (AvgIpc) is 2.38. The van der Waals surface area contributed by atoms with Crippen LogP contribution < -0.4 is 10.6 Å². The summed E-state index contributed by atoms with van der Waals surface area (Å²) in [4.78, 5) is 8.38. The van der Waals surface area contributed by atoms with Gasteiger partial charge in [-0.15, -0.1) is 0 Å². The van der Waals surface area contributed by atoms with Gasteiger partial charge in [0.1, 0.15) is 11.6 Å². The van der Waals surface area contributed by atoms with Gasteiger partial charge in [0.25, 0.3) is 0 Å². The van der Waals surface area contributed by atoms with Gasteiger partial charge in [0, 0.05) is 18.3 Å². The van der Waals surface area contributed by atoms with E-state index in [1.54, 1.807) is 13.0 Å². The van der Waals surface area contributed by atoms with E-state index in [4.69, 9.17) is 5.73 Å². The number of hydrogen-bond acceptors (Lipinski definition) is 4. The molecule has 0 aliphatic heterocycles. The van der Waals surface area contributed by atoms with Gasteiger partial charge in [-0.25, -0.2) is 9.37 Å². The number of aromatic nitrogens is 2. The van der Waals surface area contributed by atoms with Crippen LogP contribution in [0.4, 0.5) is 35.0 Å². The van der Waals surface area contributed by atoms with Crippen LogP contribution in [0.1, 0.15) is 12.6 Å². The van der Waals surface area contributed by atoms with Crippen LogP contribution in [0.3, 0.4) is 0 Å². The van der Waals surface area contributed by atoms with Gasteiger partial charge in [0.15, 0.2) is 5.69 Å². The Morgan fingerprint density at radius 3 is 2.48 bits per heavy atom. The quantitative estimate of drug-likeness (QED) is 0.883. The zero-order valence-electron chi connectivity index (χ0n) is 11.0. The van der Waals surface area contributed by atoms with Gasteiger partial charge in [-0.05, 0) is 25.1 Å². The summed E-state index contributed by atoms with van der Waals surface area (Å²) in [7, 11) is 0. The fraction of sp³-hybridized carbons (Fsp3) is 0.231. The normalized spacial score (nSPS) is 11.5. The van der Waals surface area contributed by atoms with E-state index in [1.165, 1.54) is 23.1 Å². The SMILES string of the molecule is CCN(c1cccc(F)c1)c1cc(C(F)(F)F)nc(N)n1.